The summed E-state index contributed by atoms with van der Waals surface area (Å²) >= 11 is 12.8. The van der Waals surface area contributed by atoms with Crippen LogP contribution in [0.25, 0.3) is 0 Å². The zero-order valence-electron chi connectivity index (χ0n) is 21.2. The summed E-state index contributed by atoms with van der Waals surface area (Å²) in [6.07, 6.45) is 1.58. The number of rotatable bonds is 10. The summed E-state index contributed by atoms with van der Waals surface area (Å²) in [5, 5.41) is 13.2. The van der Waals surface area contributed by atoms with Crippen molar-refractivity contribution < 1.29 is 19.4 Å². The summed E-state index contributed by atoms with van der Waals surface area (Å²) in [4.78, 5) is 33.4. The SMILES string of the molecule is CC(C)COc1ccc(NC(=O)c2ccc(Cl)c(N(CCO)c3ncccc3Cl)c2)cc1C(=O)N(C)C. The molecule has 0 radical (unpaired) electrons. The van der Waals surface area contributed by atoms with Gasteiger partial charge in [-0.2, -0.15) is 0 Å². The van der Waals surface area contributed by atoms with Crippen molar-refractivity contribution in [2.75, 3.05) is 44.1 Å². The summed E-state index contributed by atoms with van der Waals surface area (Å²) in [6, 6.07) is 13.1. The number of hydrogen-bond acceptors (Lipinski definition) is 6. The van der Waals surface area contributed by atoms with Crippen LogP contribution in [0.1, 0.15) is 34.6 Å². The van der Waals surface area contributed by atoms with Crippen molar-refractivity contribution in [3.8, 4) is 5.75 Å². The van der Waals surface area contributed by atoms with Gasteiger partial charge in [0.25, 0.3) is 11.8 Å². The Balaban J connectivity index is 1.92. The van der Waals surface area contributed by atoms with Gasteiger partial charge in [0, 0.05) is 38.1 Å². The highest BCUT2D eigenvalue weighted by Gasteiger charge is 2.20. The standard InChI is InChI=1S/C27H30Cl2N4O4/c1-17(2)16-37-24-10-8-19(15-20(24)27(36)32(3)4)31-26(35)18-7-9-21(28)23(14-18)33(12-13-34)25-22(29)6-5-11-30-25/h5-11,14-15,17,34H,12-13,16H2,1-4H3,(H,31,35). The molecule has 0 unspecified atom stereocenters. The highest BCUT2D eigenvalue weighted by Crippen LogP contribution is 2.35. The molecule has 0 saturated carbocycles. The van der Waals surface area contributed by atoms with Crippen LogP contribution in [0.4, 0.5) is 17.2 Å². The Labute approximate surface area is 226 Å². The number of nitrogens with zero attached hydrogens (tertiary/aromatic N) is 3. The van der Waals surface area contributed by atoms with Crippen LogP contribution in [0.5, 0.6) is 5.75 Å². The summed E-state index contributed by atoms with van der Waals surface area (Å²) in [7, 11) is 3.31. The maximum absolute atomic E-state index is 13.2. The number of halogens is 2. The van der Waals surface area contributed by atoms with Gasteiger partial charge in [-0.05, 0) is 54.4 Å². The Bertz CT molecular complexity index is 1270. The second kappa shape index (κ2) is 12.8. The molecule has 0 aliphatic carbocycles. The van der Waals surface area contributed by atoms with Crippen molar-refractivity contribution in [2.45, 2.75) is 13.8 Å². The molecule has 3 aromatic rings. The van der Waals surface area contributed by atoms with E-state index in [1.165, 1.54) is 4.90 Å². The molecule has 10 heteroatoms. The van der Waals surface area contributed by atoms with Gasteiger partial charge in [0.05, 0.1) is 34.5 Å². The Morgan fingerprint density at radius 1 is 1.08 bits per heavy atom. The average molecular weight is 545 g/mol. The fourth-order valence-corrected chi connectivity index (χ4v) is 3.92. The van der Waals surface area contributed by atoms with Gasteiger partial charge in [-0.3, -0.25) is 9.59 Å². The molecule has 2 amide bonds. The molecule has 1 aromatic heterocycles. The van der Waals surface area contributed by atoms with E-state index in [4.69, 9.17) is 27.9 Å². The number of aliphatic hydroxyl groups excluding tert-OH is 1. The normalized spacial score (nSPS) is 10.8. The van der Waals surface area contributed by atoms with E-state index in [9.17, 15) is 14.7 Å². The first-order chi connectivity index (χ1) is 17.6. The van der Waals surface area contributed by atoms with E-state index in [0.29, 0.717) is 50.7 Å². The molecule has 0 spiro atoms. The van der Waals surface area contributed by atoms with Crippen molar-refractivity contribution in [3.05, 3.63) is 75.9 Å². The van der Waals surface area contributed by atoms with E-state index in [-0.39, 0.29) is 25.0 Å². The molecule has 0 atom stereocenters. The minimum Gasteiger partial charge on any atom is -0.492 e. The van der Waals surface area contributed by atoms with Crippen molar-refractivity contribution in [2.24, 2.45) is 5.92 Å². The number of carbonyl (C=O) groups is 2. The molecule has 1 heterocycles. The fraction of sp³-hybridized carbons (Fsp3) is 0.296. The highest BCUT2D eigenvalue weighted by atomic mass is 35.5. The maximum Gasteiger partial charge on any atom is 0.257 e. The van der Waals surface area contributed by atoms with Gasteiger partial charge in [-0.1, -0.05) is 37.0 Å². The first-order valence-corrected chi connectivity index (χ1v) is 12.5. The highest BCUT2D eigenvalue weighted by molar-refractivity contribution is 6.35. The Hall–Kier alpha value is -3.33. The Kier molecular flexibility index (Phi) is 9.74. The second-order valence-electron chi connectivity index (χ2n) is 8.92. The lowest BCUT2D eigenvalue weighted by Crippen LogP contribution is -2.24. The zero-order valence-corrected chi connectivity index (χ0v) is 22.7. The lowest BCUT2D eigenvalue weighted by Gasteiger charge is -2.25. The largest absolute Gasteiger partial charge is 0.492 e. The van der Waals surface area contributed by atoms with Crippen LogP contribution in [0.15, 0.2) is 54.7 Å². The number of ether oxygens (including phenoxy) is 1. The number of amides is 2. The summed E-state index contributed by atoms with van der Waals surface area (Å²) in [5.74, 6) is 0.489. The van der Waals surface area contributed by atoms with E-state index < -0.39 is 5.91 Å². The third kappa shape index (κ3) is 7.13. The van der Waals surface area contributed by atoms with Gasteiger partial charge in [-0.15, -0.1) is 0 Å². The van der Waals surface area contributed by atoms with Gasteiger partial charge in [-0.25, -0.2) is 4.98 Å². The van der Waals surface area contributed by atoms with Crippen LogP contribution in [0.2, 0.25) is 10.0 Å². The van der Waals surface area contributed by atoms with Crippen molar-refractivity contribution in [3.63, 3.8) is 0 Å². The monoisotopic (exact) mass is 544 g/mol. The van der Waals surface area contributed by atoms with Crippen molar-refractivity contribution >= 4 is 52.2 Å². The van der Waals surface area contributed by atoms with Crippen LogP contribution in [0, 0.1) is 5.92 Å². The molecule has 2 N–H and O–H groups in total. The molecule has 37 heavy (non-hydrogen) atoms. The average Bonchev–Trinajstić information content (AvgIpc) is 2.86. The van der Waals surface area contributed by atoms with E-state index >= 15 is 0 Å². The first-order valence-electron chi connectivity index (χ1n) is 11.7. The molecule has 0 saturated heterocycles. The summed E-state index contributed by atoms with van der Waals surface area (Å²) in [5.41, 5.74) is 1.56. The van der Waals surface area contributed by atoms with E-state index in [1.54, 1.807) is 73.7 Å². The third-order valence-electron chi connectivity index (χ3n) is 5.26. The molecule has 0 bridgehead atoms. The van der Waals surface area contributed by atoms with Crippen LogP contribution >= 0.6 is 23.2 Å². The lowest BCUT2D eigenvalue weighted by molar-refractivity contribution is 0.0822. The zero-order chi connectivity index (χ0) is 27.1. The fourth-order valence-electron chi connectivity index (χ4n) is 3.48. The number of carbonyl (C=O) groups excluding carboxylic acids is 2. The van der Waals surface area contributed by atoms with Gasteiger partial charge in [0.2, 0.25) is 0 Å². The van der Waals surface area contributed by atoms with E-state index in [0.717, 1.165) is 0 Å². The van der Waals surface area contributed by atoms with Crippen LogP contribution < -0.4 is 15.0 Å². The second-order valence-corrected chi connectivity index (χ2v) is 9.73. The number of nitrogens with one attached hydrogen (secondary N) is 1. The molecular formula is C27H30Cl2N4O4. The number of anilines is 3. The third-order valence-corrected chi connectivity index (χ3v) is 5.88. The Morgan fingerprint density at radius 3 is 2.49 bits per heavy atom. The van der Waals surface area contributed by atoms with Crippen LogP contribution in [0.3, 0.4) is 0 Å². The van der Waals surface area contributed by atoms with Crippen LogP contribution in [-0.2, 0) is 0 Å². The first kappa shape index (κ1) is 28.2. The maximum atomic E-state index is 13.2. The van der Waals surface area contributed by atoms with Crippen molar-refractivity contribution in [1.29, 1.82) is 0 Å². The molecule has 0 aliphatic rings. The van der Waals surface area contributed by atoms with E-state index in [1.807, 2.05) is 13.8 Å². The number of hydrogen-bond donors (Lipinski definition) is 2. The van der Waals surface area contributed by atoms with Gasteiger partial charge in [0.15, 0.2) is 5.82 Å². The smallest absolute Gasteiger partial charge is 0.257 e. The molecule has 0 aliphatic heterocycles. The number of aromatic nitrogens is 1. The van der Waals surface area contributed by atoms with Crippen molar-refractivity contribution in [1.82, 2.24) is 9.88 Å². The van der Waals surface area contributed by atoms with Gasteiger partial charge >= 0.3 is 0 Å². The lowest BCUT2D eigenvalue weighted by atomic mass is 10.1. The number of pyridine rings is 1. The molecule has 3 rings (SSSR count). The predicted molar refractivity (Wildman–Crippen MR) is 148 cm³/mol. The van der Waals surface area contributed by atoms with Gasteiger partial charge in [0.1, 0.15) is 5.75 Å². The van der Waals surface area contributed by atoms with E-state index in [2.05, 4.69) is 10.3 Å². The topological polar surface area (TPSA) is 95.0 Å². The van der Waals surface area contributed by atoms with Crippen LogP contribution in [-0.4, -0.2) is 60.7 Å². The molecule has 8 nitrogen and oxygen atoms in total. The number of benzene rings is 2. The summed E-state index contributed by atoms with van der Waals surface area (Å²) in [6.45, 7) is 4.47. The minimum atomic E-state index is -0.409. The number of aliphatic hydroxyl groups is 1. The van der Waals surface area contributed by atoms with Gasteiger partial charge < -0.3 is 25.0 Å². The molecule has 2 aromatic carbocycles. The molecular weight excluding hydrogens is 515 g/mol. The molecule has 196 valence electrons. The Morgan fingerprint density at radius 2 is 1.84 bits per heavy atom. The molecule has 0 fully saturated rings. The summed E-state index contributed by atoms with van der Waals surface area (Å²) < 4.78 is 5.83. The predicted octanol–water partition coefficient (Wildman–Crippen LogP) is 5.51. The quantitative estimate of drug-likeness (QED) is 0.349. The minimum absolute atomic E-state index is 0.162.